The molecule has 0 bridgehead atoms. The summed E-state index contributed by atoms with van der Waals surface area (Å²) in [6, 6.07) is 2.46. The number of anilines is 1. The van der Waals surface area contributed by atoms with Crippen LogP contribution in [0.1, 0.15) is 6.92 Å². The summed E-state index contributed by atoms with van der Waals surface area (Å²) in [5, 5.41) is 2.73. The van der Waals surface area contributed by atoms with Crippen molar-refractivity contribution in [1.82, 2.24) is 0 Å². The highest BCUT2D eigenvalue weighted by Crippen LogP contribution is 2.38. The van der Waals surface area contributed by atoms with Crippen molar-refractivity contribution in [2.45, 2.75) is 19.4 Å². The summed E-state index contributed by atoms with van der Waals surface area (Å²) in [7, 11) is 0. The van der Waals surface area contributed by atoms with Gasteiger partial charge in [-0.15, -0.1) is 0 Å². The lowest BCUT2D eigenvalue weighted by molar-refractivity contribution is 0.130. The van der Waals surface area contributed by atoms with Gasteiger partial charge in [-0.05, 0) is 22.9 Å². The normalized spacial score (nSPS) is 15.8. The molecule has 3 nitrogen and oxygen atoms in total. The van der Waals surface area contributed by atoms with E-state index in [0.29, 0.717) is 34.9 Å². The van der Waals surface area contributed by atoms with Crippen LogP contribution in [0.5, 0.6) is 11.5 Å². The standard InChI is InChI=1S/C11H12BrF2NO2/c1-6(11(13)14)15-8-5-10-9(4-7(8)12)16-2-3-17-10/h4-6,11,15H,2-3H2,1H3. The van der Waals surface area contributed by atoms with Gasteiger partial charge < -0.3 is 14.8 Å². The molecule has 94 valence electrons. The largest absolute Gasteiger partial charge is 0.486 e. The Morgan fingerprint density at radius 2 is 1.82 bits per heavy atom. The van der Waals surface area contributed by atoms with Gasteiger partial charge in [0.05, 0.1) is 11.7 Å². The second kappa shape index (κ2) is 5.08. The van der Waals surface area contributed by atoms with Gasteiger partial charge in [-0.25, -0.2) is 8.78 Å². The summed E-state index contributed by atoms with van der Waals surface area (Å²) in [6.07, 6.45) is -2.42. The quantitative estimate of drug-likeness (QED) is 0.929. The van der Waals surface area contributed by atoms with Crippen molar-refractivity contribution >= 4 is 21.6 Å². The number of nitrogens with one attached hydrogen (secondary N) is 1. The molecule has 1 atom stereocenters. The van der Waals surface area contributed by atoms with E-state index in [-0.39, 0.29) is 0 Å². The topological polar surface area (TPSA) is 30.5 Å². The fourth-order valence-corrected chi connectivity index (χ4v) is 1.92. The molecule has 0 saturated carbocycles. The molecule has 0 spiro atoms. The first-order valence-electron chi connectivity index (χ1n) is 5.22. The van der Waals surface area contributed by atoms with Crippen LogP contribution in [0.25, 0.3) is 0 Å². The van der Waals surface area contributed by atoms with Crippen LogP contribution >= 0.6 is 15.9 Å². The van der Waals surface area contributed by atoms with Crippen molar-refractivity contribution in [3.05, 3.63) is 16.6 Å². The van der Waals surface area contributed by atoms with Gasteiger partial charge in [0.25, 0.3) is 6.43 Å². The van der Waals surface area contributed by atoms with E-state index < -0.39 is 12.5 Å². The number of hydrogen-bond acceptors (Lipinski definition) is 3. The highest BCUT2D eigenvalue weighted by molar-refractivity contribution is 9.10. The number of fused-ring (bicyclic) bond motifs is 1. The van der Waals surface area contributed by atoms with Crippen LogP contribution in [0.15, 0.2) is 16.6 Å². The van der Waals surface area contributed by atoms with Crippen LogP contribution in [0.2, 0.25) is 0 Å². The zero-order chi connectivity index (χ0) is 12.4. The average Bonchev–Trinajstić information content (AvgIpc) is 2.29. The van der Waals surface area contributed by atoms with Crippen molar-refractivity contribution < 1.29 is 18.3 Å². The van der Waals surface area contributed by atoms with Crippen molar-refractivity contribution in [3.63, 3.8) is 0 Å². The first kappa shape index (κ1) is 12.4. The molecule has 0 aliphatic carbocycles. The highest BCUT2D eigenvalue weighted by atomic mass is 79.9. The molecule has 1 aromatic rings. The van der Waals surface area contributed by atoms with Gasteiger partial charge in [-0.3, -0.25) is 0 Å². The Hall–Kier alpha value is -1.04. The summed E-state index contributed by atoms with van der Waals surface area (Å²) in [6.45, 7) is 2.39. The molecular formula is C11H12BrF2NO2. The van der Waals surface area contributed by atoms with Gasteiger partial charge in [-0.2, -0.15) is 0 Å². The fourth-order valence-electron chi connectivity index (χ4n) is 1.48. The van der Waals surface area contributed by atoms with Crippen molar-refractivity contribution in [2.75, 3.05) is 18.5 Å². The van der Waals surface area contributed by atoms with Crippen LogP contribution in [0.4, 0.5) is 14.5 Å². The van der Waals surface area contributed by atoms with E-state index in [0.717, 1.165) is 0 Å². The predicted octanol–water partition coefficient (Wildman–Crippen LogP) is 3.29. The van der Waals surface area contributed by atoms with Crippen LogP contribution in [0, 0.1) is 0 Å². The van der Waals surface area contributed by atoms with Gasteiger partial charge in [-0.1, -0.05) is 0 Å². The second-order valence-electron chi connectivity index (χ2n) is 3.74. The maximum absolute atomic E-state index is 12.5. The number of benzene rings is 1. The molecule has 1 aliphatic heterocycles. The Bertz CT molecular complexity index is 415. The number of hydrogen-bond donors (Lipinski definition) is 1. The van der Waals surface area contributed by atoms with E-state index in [2.05, 4.69) is 21.2 Å². The summed E-state index contributed by atoms with van der Waals surface area (Å²) in [5.41, 5.74) is 0.571. The minimum Gasteiger partial charge on any atom is -0.486 e. The minimum atomic E-state index is -2.42. The molecule has 2 rings (SSSR count). The molecule has 0 aromatic heterocycles. The molecule has 1 aliphatic rings. The molecule has 0 radical (unpaired) electrons. The molecule has 1 unspecified atom stereocenters. The molecule has 0 fully saturated rings. The molecule has 17 heavy (non-hydrogen) atoms. The van der Waals surface area contributed by atoms with Crippen LogP contribution in [-0.2, 0) is 0 Å². The lowest BCUT2D eigenvalue weighted by atomic mass is 10.2. The summed E-state index contributed by atoms with van der Waals surface area (Å²) >= 11 is 3.31. The van der Waals surface area contributed by atoms with E-state index in [9.17, 15) is 8.78 Å². The van der Waals surface area contributed by atoms with Gasteiger partial charge in [0, 0.05) is 16.6 Å². The van der Waals surface area contributed by atoms with Gasteiger partial charge in [0.2, 0.25) is 0 Å². The third-order valence-corrected chi connectivity index (χ3v) is 3.05. The Kier molecular flexibility index (Phi) is 3.71. The lowest BCUT2D eigenvalue weighted by Crippen LogP contribution is -2.24. The van der Waals surface area contributed by atoms with E-state index in [1.54, 1.807) is 12.1 Å². The molecule has 1 heterocycles. The van der Waals surface area contributed by atoms with Gasteiger partial charge >= 0.3 is 0 Å². The van der Waals surface area contributed by atoms with E-state index in [1.807, 2.05) is 0 Å². The summed E-state index contributed by atoms with van der Waals surface area (Å²) in [5.74, 6) is 1.20. The van der Waals surface area contributed by atoms with E-state index in [4.69, 9.17) is 9.47 Å². The average molecular weight is 308 g/mol. The Labute approximate surface area is 106 Å². The summed E-state index contributed by atoms with van der Waals surface area (Å²) < 4.78 is 36.3. The Morgan fingerprint density at radius 1 is 1.24 bits per heavy atom. The summed E-state index contributed by atoms with van der Waals surface area (Å²) in [4.78, 5) is 0. The third kappa shape index (κ3) is 2.80. The maximum Gasteiger partial charge on any atom is 0.258 e. The SMILES string of the molecule is CC(Nc1cc2c(cc1Br)OCCO2)C(F)F. The number of rotatable bonds is 3. The first-order chi connectivity index (χ1) is 8.08. The zero-order valence-corrected chi connectivity index (χ0v) is 10.8. The van der Waals surface area contributed by atoms with Crippen LogP contribution < -0.4 is 14.8 Å². The molecule has 6 heteroatoms. The lowest BCUT2D eigenvalue weighted by Gasteiger charge is -2.21. The number of halogens is 3. The molecule has 1 N–H and O–H groups in total. The first-order valence-corrected chi connectivity index (χ1v) is 6.01. The highest BCUT2D eigenvalue weighted by Gasteiger charge is 2.19. The van der Waals surface area contributed by atoms with E-state index >= 15 is 0 Å². The molecular weight excluding hydrogens is 296 g/mol. The van der Waals surface area contributed by atoms with Crippen molar-refractivity contribution in [3.8, 4) is 11.5 Å². The second-order valence-corrected chi connectivity index (χ2v) is 4.60. The minimum absolute atomic E-state index is 0.471. The number of alkyl halides is 2. The molecule has 0 amide bonds. The number of ether oxygens (including phenoxy) is 2. The zero-order valence-electron chi connectivity index (χ0n) is 9.17. The van der Waals surface area contributed by atoms with Crippen LogP contribution in [-0.4, -0.2) is 25.7 Å². The Balaban J connectivity index is 2.22. The third-order valence-electron chi connectivity index (χ3n) is 2.39. The van der Waals surface area contributed by atoms with E-state index in [1.165, 1.54) is 6.92 Å². The maximum atomic E-state index is 12.5. The Morgan fingerprint density at radius 3 is 2.41 bits per heavy atom. The monoisotopic (exact) mass is 307 g/mol. The smallest absolute Gasteiger partial charge is 0.258 e. The van der Waals surface area contributed by atoms with Crippen molar-refractivity contribution in [2.24, 2.45) is 0 Å². The van der Waals surface area contributed by atoms with Crippen molar-refractivity contribution in [1.29, 1.82) is 0 Å². The van der Waals surface area contributed by atoms with Gasteiger partial charge in [0.1, 0.15) is 13.2 Å². The fraction of sp³-hybridized carbons (Fsp3) is 0.455. The molecule has 0 saturated heterocycles. The predicted molar refractivity (Wildman–Crippen MR) is 64.2 cm³/mol. The van der Waals surface area contributed by atoms with Gasteiger partial charge in [0.15, 0.2) is 11.5 Å². The molecule has 1 aromatic carbocycles. The van der Waals surface area contributed by atoms with Crippen LogP contribution in [0.3, 0.4) is 0 Å².